The summed E-state index contributed by atoms with van der Waals surface area (Å²) in [4.78, 5) is 28.7. The molecule has 1 aromatic heterocycles. The van der Waals surface area contributed by atoms with Crippen LogP contribution in [0, 0.1) is 11.8 Å². The van der Waals surface area contributed by atoms with Crippen molar-refractivity contribution >= 4 is 17.4 Å². The number of nitrogens with one attached hydrogen (secondary N) is 1. The molecule has 7 nitrogen and oxygen atoms in total. The first kappa shape index (κ1) is 21.3. The van der Waals surface area contributed by atoms with E-state index in [0.717, 1.165) is 31.2 Å². The van der Waals surface area contributed by atoms with Gasteiger partial charge in [0, 0.05) is 18.3 Å². The van der Waals surface area contributed by atoms with E-state index in [9.17, 15) is 14.7 Å². The van der Waals surface area contributed by atoms with Gasteiger partial charge in [0.15, 0.2) is 5.78 Å². The number of fused-ring (bicyclic) bond motifs is 1. The normalized spacial score (nSPS) is 24.3. The van der Waals surface area contributed by atoms with Crippen molar-refractivity contribution in [1.29, 1.82) is 0 Å². The third-order valence-electron chi connectivity index (χ3n) is 6.90. The zero-order valence-electron chi connectivity index (χ0n) is 17.9. The summed E-state index contributed by atoms with van der Waals surface area (Å²) in [5, 5.41) is 12.5. The number of carbonyl (C=O) groups excluding carboxylic acids is 1. The van der Waals surface area contributed by atoms with Crippen molar-refractivity contribution in [3.63, 3.8) is 0 Å². The van der Waals surface area contributed by atoms with Crippen molar-refractivity contribution in [3.8, 4) is 5.88 Å². The van der Waals surface area contributed by atoms with Gasteiger partial charge in [-0.25, -0.2) is 4.98 Å². The Morgan fingerprint density at radius 2 is 1.84 bits per heavy atom. The summed E-state index contributed by atoms with van der Waals surface area (Å²) in [5.74, 6) is 0.0416. The van der Waals surface area contributed by atoms with E-state index in [1.807, 2.05) is 19.1 Å². The van der Waals surface area contributed by atoms with E-state index in [1.165, 1.54) is 12.7 Å². The van der Waals surface area contributed by atoms with E-state index >= 15 is 0 Å². The minimum absolute atomic E-state index is 0.0789. The van der Waals surface area contributed by atoms with Gasteiger partial charge in [-0.2, -0.15) is 0 Å². The molecule has 0 amide bonds. The van der Waals surface area contributed by atoms with Gasteiger partial charge in [-0.05, 0) is 48.6 Å². The maximum atomic E-state index is 13.1. The lowest BCUT2D eigenvalue weighted by Gasteiger charge is -2.31. The van der Waals surface area contributed by atoms with Crippen LogP contribution in [0.25, 0.3) is 0 Å². The number of nitrogen functional groups attached to an aromatic ring is 1. The second-order valence-electron chi connectivity index (χ2n) is 8.66. The molecule has 164 valence electrons. The van der Waals surface area contributed by atoms with Crippen molar-refractivity contribution in [1.82, 2.24) is 10.3 Å². The molecule has 2 atom stereocenters. The molecule has 1 fully saturated rings. The number of carboxylic acids is 1. The fourth-order valence-electron chi connectivity index (χ4n) is 4.93. The quantitative estimate of drug-likeness (QED) is 0.672. The largest absolute Gasteiger partial charge is 0.481 e. The molecule has 1 saturated carbocycles. The Bertz CT molecular complexity index is 981. The number of carbonyl (C=O) groups is 2. The van der Waals surface area contributed by atoms with Crippen LogP contribution in [0.5, 0.6) is 5.88 Å². The maximum Gasteiger partial charge on any atom is 0.306 e. The second-order valence-corrected chi connectivity index (χ2v) is 8.66. The monoisotopic (exact) mass is 423 g/mol. The fourth-order valence-corrected chi connectivity index (χ4v) is 4.93. The number of aliphatic carboxylic acids is 1. The lowest BCUT2D eigenvalue weighted by molar-refractivity contribution is -0.143. The zero-order valence-corrected chi connectivity index (χ0v) is 17.9. The molecule has 31 heavy (non-hydrogen) atoms. The van der Waals surface area contributed by atoms with Gasteiger partial charge in [-0.3, -0.25) is 14.9 Å². The molecular formula is C24H29N3O4. The van der Waals surface area contributed by atoms with Crippen molar-refractivity contribution in [2.75, 3.05) is 12.8 Å². The van der Waals surface area contributed by atoms with E-state index < -0.39 is 12.0 Å². The number of Topliss-reactive ketones (excluding diaryl/α,β-unsaturated/α-hetero) is 1. The first-order valence-corrected chi connectivity index (χ1v) is 10.8. The molecule has 2 heterocycles. The lowest BCUT2D eigenvalue weighted by Crippen LogP contribution is -2.35. The van der Waals surface area contributed by atoms with Crippen molar-refractivity contribution in [2.24, 2.45) is 11.8 Å². The van der Waals surface area contributed by atoms with E-state index in [0.29, 0.717) is 35.3 Å². The Labute approximate surface area is 182 Å². The van der Waals surface area contributed by atoms with Gasteiger partial charge >= 0.3 is 5.97 Å². The number of anilines is 1. The smallest absolute Gasteiger partial charge is 0.306 e. The van der Waals surface area contributed by atoms with Crippen LogP contribution in [0.4, 0.5) is 5.69 Å². The number of ketones is 1. The summed E-state index contributed by atoms with van der Waals surface area (Å²) in [6.45, 7) is 2.26. The topological polar surface area (TPSA) is 115 Å². The highest BCUT2D eigenvalue weighted by Gasteiger charge is 2.32. The van der Waals surface area contributed by atoms with Crippen LogP contribution in [-0.2, 0) is 11.3 Å². The Hall–Kier alpha value is -2.93. The average Bonchev–Trinajstić information content (AvgIpc) is 2.78. The van der Waals surface area contributed by atoms with Crippen LogP contribution in [0.3, 0.4) is 0 Å². The standard InChI is InChI=1S/C24H29N3O4/c1-13(24(29)30)14-3-5-15(6-4-14)16-7-9-17(10-8-16)22-23(28)21-18(25)11-20(31-2)27-19(21)12-26-22/h7-11,13-15,22,26H,3-6,12H2,1-2H3,(H2,25,27)(H,29,30). The first-order valence-electron chi connectivity index (χ1n) is 10.8. The molecule has 0 spiro atoms. The van der Waals surface area contributed by atoms with Gasteiger partial charge in [0.05, 0.1) is 30.3 Å². The molecule has 0 radical (unpaired) electrons. The third kappa shape index (κ3) is 4.14. The number of rotatable bonds is 5. The van der Waals surface area contributed by atoms with Crippen LogP contribution in [-0.4, -0.2) is 29.0 Å². The summed E-state index contributed by atoms with van der Waals surface area (Å²) in [5.41, 5.74) is 9.75. The summed E-state index contributed by atoms with van der Waals surface area (Å²) in [6.07, 6.45) is 3.88. The van der Waals surface area contributed by atoms with Crippen molar-refractivity contribution in [2.45, 2.75) is 51.1 Å². The van der Waals surface area contributed by atoms with Crippen LogP contribution in [0.2, 0.25) is 0 Å². The van der Waals surface area contributed by atoms with Crippen molar-refractivity contribution < 1.29 is 19.4 Å². The van der Waals surface area contributed by atoms with Crippen LogP contribution in [0.1, 0.15) is 71.7 Å². The molecule has 1 aromatic carbocycles. The average molecular weight is 424 g/mol. The molecule has 2 unspecified atom stereocenters. The number of nitrogens with two attached hydrogens (primary N) is 1. The Morgan fingerprint density at radius 3 is 2.45 bits per heavy atom. The van der Waals surface area contributed by atoms with Crippen molar-refractivity contribution in [3.05, 3.63) is 52.7 Å². The van der Waals surface area contributed by atoms with E-state index in [2.05, 4.69) is 22.4 Å². The Morgan fingerprint density at radius 1 is 1.19 bits per heavy atom. The summed E-state index contributed by atoms with van der Waals surface area (Å²) in [7, 11) is 1.52. The molecule has 4 rings (SSSR count). The van der Waals surface area contributed by atoms with E-state index in [-0.39, 0.29) is 17.6 Å². The SMILES string of the molecule is COc1cc(N)c2c(n1)CNC(c1ccc(C3CCC(C(C)C(=O)O)CC3)cc1)C2=O. The van der Waals surface area contributed by atoms with E-state index in [4.69, 9.17) is 10.5 Å². The predicted octanol–water partition coefficient (Wildman–Crippen LogP) is 3.69. The number of benzene rings is 1. The number of hydrogen-bond donors (Lipinski definition) is 3. The minimum Gasteiger partial charge on any atom is -0.481 e. The molecule has 0 bridgehead atoms. The number of hydrogen-bond acceptors (Lipinski definition) is 6. The molecule has 7 heteroatoms. The molecule has 2 aliphatic rings. The van der Waals surface area contributed by atoms with Crippen LogP contribution >= 0.6 is 0 Å². The highest BCUT2D eigenvalue weighted by atomic mass is 16.5. The number of methoxy groups -OCH3 is 1. The van der Waals surface area contributed by atoms with Gasteiger partial charge in [-0.15, -0.1) is 0 Å². The van der Waals surface area contributed by atoms with Gasteiger partial charge < -0.3 is 15.6 Å². The molecular weight excluding hydrogens is 394 g/mol. The number of carboxylic acid groups (broad SMARTS) is 1. The van der Waals surface area contributed by atoms with Gasteiger partial charge in [0.2, 0.25) is 5.88 Å². The second kappa shape index (κ2) is 8.67. The highest BCUT2D eigenvalue weighted by molar-refractivity contribution is 6.06. The van der Waals surface area contributed by atoms with Crippen LogP contribution < -0.4 is 15.8 Å². The molecule has 1 aliphatic carbocycles. The predicted molar refractivity (Wildman–Crippen MR) is 117 cm³/mol. The van der Waals surface area contributed by atoms with E-state index in [1.54, 1.807) is 6.07 Å². The first-order chi connectivity index (χ1) is 14.9. The minimum atomic E-state index is -0.701. The van der Waals surface area contributed by atoms with Gasteiger partial charge in [0.25, 0.3) is 0 Å². The molecule has 0 saturated heterocycles. The third-order valence-corrected chi connectivity index (χ3v) is 6.90. The molecule has 4 N–H and O–H groups in total. The number of pyridine rings is 1. The molecule has 1 aliphatic heterocycles. The zero-order chi connectivity index (χ0) is 22.1. The van der Waals surface area contributed by atoms with Gasteiger partial charge in [0.1, 0.15) is 0 Å². The van der Waals surface area contributed by atoms with Crippen LogP contribution in [0.15, 0.2) is 30.3 Å². The highest BCUT2D eigenvalue weighted by Crippen LogP contribution is 2.39. The fraction of sp³-hybridized carbons (Fsp3) is 0.458. The summed E-state index contributed by atoms with van der Waals surface area (Å²) >= 11 is 0. The number of aromatic nitrogens is 1. The lowest BCUT2D eigenvalue weighted by atomic mass is 9.74. The maximum absolute atomic E-state index is 13.1. The van der Waals surface area contributed by atoms with Gasteiger partial charge in [-0.1, -0.05) is 31.2 Å². The number of ether oxygens (including phenoxy) is 1. The Kier molecular flexibility index (Phi) is 5.96. The summed E-state index contributed by atoms with van der Waals surface area (Å²) < 4.78 is 5.15. The molecule has 2 aromatic rings. The number of nitrogens with zero attached hydrogens (tertiary/aromatic N) is 1. The summed E-state index contributed by atoms with van der Waals surface area (Å²) in [6, 6.07) is 9.35. The Balaban J connectivity index is 1.46.